The highest BCUT2D eigenvalue weighted by Crippen LogP contribution is 2.34. The van der Waals surface area contributed by atoms with Crippen LogP contribution < -0.4 is 5.32 Å². The van der Waals surface area contributed by atoms with E-state index in [0.29, 0.717) is 24.6 Å². The van der Waals surface area contributed by atoms with Gasteiger partial charge in [0.05, 0.1) is 5.69 Å². The number of nitrogens with zero attached hydrogens (tertiary/aromatic N) is 3. The van der Waals surface area contributed by atoms with Gasteiger partial charge in [0.15, 0.2) is 0 Å². The molecule has 1 aliphatic carbocycles. The molecule has 2 N–H and O–H groups in total. The molecule has 1 unspecified atom stereocenters. The fraction of sp³-hybridized carbons (Fsp3) is 0.435. The summed E-state index contributed by atoms with van der Waals surface area (Å²) in [6, 6.07) is 5.97. The first-order valence-corrected chi connectivity index (χ1v) is 10.6. The van der Waals surface area contributed by atoms with Crippen molar-refractivity contribution in [3.63, 3.8) is 0 Å². The number of hydrogen-bond donors (Lipinski definition) is 2. The van der Waals surface area contributed by atoms with Gasteiger partial charge in [0.2, 0.25) is 0 Å². The summed E-state index contributed by atoms with van der Waals surface area (Å²) in [5.74, 6) is 1.44. The molecule has 0 saturated carbocycles. The summed E-state index contributed by atoms with van der Waals surface area (Å²) < 4.78 is 7.35. The van der Waals surface area contributed by atoms with E-state index < -0.39 is 5.97 Å². The number of hydrogen-bond acceptors (Lipinski definition) is 5. The van der Waals surface area contributed by atoms with Crippen molar-refractivity contribution in [1.82, 2.24) is 20.1 Å². The number of carbonyl (C=O) groups is 1. The first-order valence-electron chi connectivity index (χ1n) is 10.6. The molecule has 0 spiro atoms. The van der Waals surface area contributed by atoms with E-state index in [1.165, 1.54) is 0 Å². The number of aromatic carboxylic acids is 1. The van der Waals surface area contributed by atoms with E-state index in [2.05, 4.69) is 22.3 Å². The van der Waals surface area contributed by atoms with Crippen molar-refractivity contribution in [3.8, 4) is 11.3 Å². The van der Waals surface area contributed by atoms with Crippen molar-refractivity contribution in [3.05, 3.63) is 58.9 Å². The quantitative estimate of drug-likeness (QED) is 0.523. The molecule has 7 heteroatoms. The number of carboxylic acid groups (broad SMARTS) is 1. The van der Waals surface area contributed by atoms with Crippen LogP contribution in [0.5, 0.6) is 0 Å². The van der Waals surface area contributed by atoms with Gasteiger partial charge in [-0.3, -0.25) is 9.67 Å². The van der Waals surface area contributed by atoms with Crippen LogP contribution in [0.4, 0.5) is 0 Å². The monoisotopic (exact) mass is 408 g/mol. The van der Waals surface area contributed by atoms with E-state index in [1.807, 2.05) is 31.3 Å². The van der Waals surface area contributed by atoms with Gasteiger partial charge in [-0.1, -0.05) is 6.92 Å². The van der Waals surface area contributed by atoms with Crippen LogP contribution in [0.1, 0.15) is 58.8 Å². The number of aromatic nitrogens is 3. The SMILES string of the molecule is Cc1ccc(C(C)CCNCCCn2nc3c(c2C(=O)O)CCc2cnccc2-3)o1. The maximum Gasteiger partial charge on any atom is 0.354 e. The number of furan rings is 1. The second-order valence-electron chi connectivity index (χ2n) is 7.98. The van der Waals surface area contributed by atoms with Crippen molar-refractivity contribution >= 4 is 5.97 Å². The molecule has 4 rings (SSSR count). The first-order chi connectivity index (χ1) is 14.5. The highest BCUT2D eigenvalue weighted by molar-refractivity contribution is 5.90. The van der Waals surface area contributed by atoms with Crippen molar-refractivity contribution in [2.45, 2.75) is 52.0 Å². The topological polar surface area (TPSA) is 93.2 Å². The third-order valence-electron chi connectivity index (χ3n) is 5.78. The van der Waals surface area contributed by atoms with Gasteiger partial charge in [-0.2, -0.15) is 5.10 Å². The number of carboxylic acids is 1. The lowest BCUT2D eigenvalue weighted by atomic mass is 9.90. The molecular weight excluding hydrogens is 380 g/mol. The number of fused-ring (bicyclic) bond motifs is 3. The molecule has 3 heterocycles. The van der Waals surface area contributed by atoms with E-state index >= 15 is 0 Å². The molecule has 0 amide bonds. The van der Waals surface area contributed by atoms with Gasteiger partial charge in [0, 0.05) is 36.0 Å². The smallest absolute Gasteiger partial charge is 0.354 e. The summed E-state index contributed by atoms with van der Waals surface area (Å²) in [4.78, 5) is 16.1. The van der Waals surface area contributed by atoms with Gasteiger partial charge in [-0.25, -0.2) is 4.79 Å². The fourth-order valence-corrected chi connectivity index (χ4v) is 4.13. The summed E-state index contributed by atoms with van der Waals surface area (Å²) in [6.07, 6.45) is 6.90. The predicted octanol–water partition coefficient (Wildman–Crippen LogP) is 3.82. The Morgan fingerprint density at radius 3 is 2.93 bits per heavy atom. The maximum absolute atomic E-state index is 11.9. The first kappa shape index (κ1) is 20.3. The molecule has 3 aromatic rings. The average Bonchev–Trinajstić information content (AvgIpc) is 3.34. The molecule has 1 aliphatic rings. The normalized spacial score (nSPS) is 13.7. The Hall–Kier alpha value is -2.93. The van der Waals surface area contributed by atoms with Crippen LogP contribution in [-0.2, 0) is 19.4 Å². The lowest BCUT2D eigenvalue weighted by molar-refractivity contribution is 0.0681. The standard InChI is InChI=1S/C23H28N4O3/c1-15(20-7-4-16(2)30-20)8-11-24-10-3-13-27-22(23(28)29)19-6-5-17-14-25-12-9-18(17)21(19)26-27/h4,7,9,12,14-15,24H,3,5-6,8,10-11,13H2,1-2H3,(H,28,29). The summed E-state index contributed by atoms with van der Waals surface area (Å²) >= 11 is 0. The zero-order valence-corrected chi connectivity index (χ0v) is 17.5. The fourth-order valence-electron chi connectivity index (χ4n) is 4.13. The van der Waals surface area contributed by atoms with Gasteiger partial charge < -0.3 is 14.8 Å². The van der Waals surface area contributed by atoms with Crippen LogP contribution in [0, 0.1) is 6.92 Å². The third kappa shape index (κ3) is 4.16. The molecular formula is C23H28N4O3. The summed E-state index contributed by atoms with van der Waals surface area (Å²) in [7, 11) is 0. The second-order valence-corrected chi connectivity index (χ2v) is 7.98. The highest BCUT2D eigenvalue weighted by Gasteiger charge is 2.27. The van der Waals surface area contributed by atoms with E-state index in [1.54, 1.807) is 10.9 Å². The van der Waals surface area contributed by atoms with Gasteiger partial charge in [-0.05, 0) is 69.5 Å². The van der Waals surface area contributed by atoms with E-state index in [9.17, 15) is 9.90 Å². The van der Waals surface area contributed by atoms with Crippen molar-refractivity contribution in [2.24, 2.45) is 0 Å². The van der Waals surface area contributed by atoms with E-state index in [0.717, 1.165) is 66.3 Å². The average molecular weight is 409 g/mol. The highest BCUT2D eigenvalue weighted by atomic mass is 16.4. The Balaban J connectivity index is 1.33. The number of pyridine rings is 1. The summed E-state index contributed by atoms with van der Waals surface area (Å²) in [5, 5.41) is 17.9. The maximum atomic E-state index is 11.9. The molecule has 3 aromatic heterocycles. The Morgan fingerprint density at radius 2 is 2.17 bits per heavy atom. The van der Waals surface area contributed by atoms with Crippen LogP contribution in [0.2, 0.25) is 0 Å². The molecule has 0 fully saturated rings. The van der Waals surface area contributed by atoms with E-state index in [-0.39, 0.29) is 0 Å². The molecule has 0 aliphatic heterocycles. The third-order valence-corrected chi connectivity index (χ3v) is 5.78. The summed E-state index contributed by atoms with van der Waals surface area (Å²) in [5.41, 5.74) is 4.11. The van der Waals surface area contributed by atoms with Crippen LogP contribution in [0.15, 0.2) is 35.0 Å². The second kappa shape index (κ2) is 8.83. The van der Waals surface area contributed by atoms with Crippen LogP contribution in [0.25, 0.3) is 11.3 Å². The number of rotatable bonds is 9. The molecule has 7 nitrogen and oxygen atoms in total. The Labute approximate surface area is 176 Å². The van der Waals surface area contributed by atoms with Gasteiger partial charge >= 0.3 is 5.97 Å². The lowest BCUT2D eigenvalue weighted by Crippen LogP contribution is -2.21. The van der Waals surface area contributed by atoms with Crippen LogP contribution in [0.3, 0.4) is 0 Å². The molecule has 0 saturated heterocycles. The van der Waals surface area contributed by atoms with Gasteiger partial charge in [0.25, 0.3) is 0 Å². The minimum atomic E-state index is -0.906. The zero-order valence-electron chi connectivity index (χ0n) is 17.5. The largest absolute Gasteiger partial charge is 0.477 e. The lowest BCUT2D eigenvalue weighted by Gasteiger charge is -2.14. The molecule has 30 heavy (non-hydrogen) atoms. The van der Waals surface area contributed by atoms with Gasteiger partial charge in [0.1, 0.15) is 17.2 Å². The van der Waals surface area contributed by atoms with Crippen molar-refractivity contribution in [1.29, 1.82) is 0 Å². The predicted molar refractivity (Wildman–Crippen MR) is 114 cm³/mol. The molecule has 1 atom stereocenters. The van der Waals surface area contributed by atoms with Crippen LogP contribution in [-0.4, -0.2) is 38.9 Å². The molecule has 158 valence electrons. The Bertz CT molecular complexity index is 1040. The van der Waals surface area contributed by atoms with Gasteiger partial charge in [-0.15, -0.1) is 0 Å². The number of nitrogens with one attached hydrogen (secondary N) is 1. The Kier molecular flexibility index (Phi) is 5.99. The van der Waals surface area contributed by atoms with Crippen molar-refractivity contribution < 1.29 is 14.3 Å². The van der Waals surface area contributed by atoms with Crippen molar-refractivity contribution in [2.75, 3.05) is 13.1 Å². The Morgan fingerprint density at radius 1 is 1.30 bits per heavy atom. The summed E-state index contributed by atoms with van der Waals surface area (Å²) in [6.45, 7) is 6.41. The molecule has 0 aromatic carbocycles. The zero-order chi connectivity index (χ0) is 21.1. The molecule has 0 bridgehead atoms. The van der Waals surface area contributed by atoms with Crippen LogP contribution >= 0.6 is 0 Å². The molecule has 0 radical (unpaired) electrons. The number of aryl methyl sites for hydroxylation is 3. The minimum Gasteiger partial charge on any atom is -0.477 e. The van der Waals surface area contributed by atoms with E-state index in [4.69, 9.17) is 4.42 Å². The minimum absolute atomic E-state index is 0.328.